The standard InChI is InChI=1S/C17H11NO/c1-2-4-13(5-3-1)17-16-12(8-10-18-17)6-7-15-14(16)9-11-19-15/h1-11H. The van der Waals surface area contributed by atoms with Crippen molar-refractivity contribution in [1.82, 2.24) is 4.98 Å². The van der Waals surface area contributed by atoms with Crippen molar-refractivity contribution in [1.29, 1.82) is 0 Å². The Morgan fingerprint density at radius 1 is 0.842 bits per heavy atom. The largest absolute Gasteiger partial charge is 0.464 e. The van der Waals surface area contributed by atoms with Gasteiger partial charge in [0.25, 0.3) is 0 Å². The maximum Gasteiger partial charge on any atom is 0.134 e. The zero-order valence-corrected chi connectivity index (χ0v) is 10.2. The third-order valence-electron chi connectivity index (χ3n) is 3.41. The lowest BCUT2D eigenvalue weighted by atomic mass is 10.0. The van der Waals surface area contributed by atoms with E-state index in [0.29, 0.717) is 0 Å². The molecule has 0 radical (unpaired) electrons. The first-order valence-corrected chi connectivity index (χ1v) is 6.24. The van der Waals surface area contributed by atoms with Crippen molar-refractivity contribution < 1.29 is 4.42 Å². The molecule has 2 heterocycles. The number of hydrogen-bond donors (Lipinski definition) is 0. The van der Waals surface area contributed by atoms with E-state index in [9.17, 15) is 0 Å². The molecule has 0 bridgehead atoms. The number of rotatable bonds is 1. The lowest BCUT2D eigenvalue weighted by molar-refractivity contribution is 0.616. The number of furan rings is 1. The van der Waals surface area contributed by atoms with Crippen LogP contribution in [-0.2, 0) is 0 Å². The van der Waals surface area contributed by atoms with Gasteiger partial charge in [0, 0.05) is 22.5 Å². The number of fused-ring (bicyclic) bond motifs is 3. The maximum atomic E-state index is 5.49. The van der Waals surface area contributed by atoms with Gasteiger partial charge in [0.2, 0.25) is 0 Å². The molecule has 0 atom stereocenters. The Bertz CT molecular complexity index is 862. The van der Waals surface area contributed by atoms with Crippen molar-refractivity contribution >= 4 is 21.7 Å². The smallest absolute Gasteiger partial charge is 0.134 e. The Morgan fingerprint density at radius 2 is 1.74 bits per heavy atom. The van der Waals surface area contributed by atoms with E-state index < -0.39 is 0 Å². The van der Waals surface area contributed by atoms with Gasteiger partial charge in [-0.15, -0.1) is 0 Å². The summed E-state index contributed by atoms with van der Waals surface area (Å²) in [5, 5.41) is 3.45. The summed E-state index contributed by atoms with van der Waals surface area (Å²) < 4.78 is 5.49. The van der Waals surface area contributed by atoms with Crippen molar-refractivity contribution in [3.63, 3.8) is 0 Å². The minimum Gasteiger partial charge on any atom is -0.464 e. The molecule has 2 nitrogen and oxygen atoms in total. The van der Waals surface area contributed by atoms with Crippen LogP contribution in [0.25, 0.3) is 33.0 Å². The number of aromatic nitrogens is 1. The van der Waals surface area contributed by atoms with E-state index >= 15 is 0 Å². The summed E-state index contributed by atoms with van der Waals surface area (Å²) >= 11 is 0. The van der Waals surface area contributed by atoms with Crippen LogP contribution in [0.5, 0.6) is 0 Å². The van der Waals surface area contributed by atoms with Crippen LogP contribution in [0.2, 0.25) is 0 Å². The monoisotopic (exact) mass is 245 g/mol. The summed E-state index contributed by atoms with van der Waals surface area (Å²) in [6.45, 7) is 0. The van der Waals surface area contributed by atoms with Crippen molar-refractivity contribution in [3.8, 4) is 11.3 Å². The molecule has 0 aliphatic heterocycles. The molecule has 0 fully saturated rings. The number of pyridine rings is 1. The average molecular weight is 245 g/mol. The molecule has 4 aromatic rings. The predicted molar refractivity (Wildman–Crippen MR) is 77.0 cm³/mol. The van der Waals surface area contributed by atoms with Gasteiger partial charge in [-0.2, -0.15) is 0 Å². The highest BCUT2D eigenvalue weighted by atomic mass is 16.3. The van der Waals surface area contributed by atoms with Gasteiger partial charge < -0.3 is 4.42 Å². The van der Waals surface area contributed by atoms with E-state index in [1.807, 2.05) is 42.6 Å². The van der Waals surface area contributed by atoms with Crippen molar-refractivity contribution in [3.05, 3.63) is 67.1 Å². The molecule has 0 aliphatic rings. The topological polar surface area (TPSA) is 26.0 Å². The summed E-state index contributed by atoms with van der Waals surface area (Å²) in [6.07, 6.45) is 3.59. The fourth-order valence-electron chi connectivity index (χ4n) is 2.54. The van der Waals surface area contributed by atoms with Crippen LogP contribution in [0.4, 0.5) is 0 Å². The Balaban J connectivity index is 2.18. The van der Waals surface area contributed by atoms with E-state index in [1.165, 1.54) is 5.39 Å². The Hall–Kier alpha value is -2.61. The molecule has 2 aromatic carbocycles. The number of hydrogen-bond acceptors (Lipinski definition) is 2. The van der Waals surface area contributed by atoms with Crippen molar-refractivity contribution in [2.45, 2.75) is 0 Å². The molecule has 0 saturated carbocycles. The molecule has 19 heavy (non-hydrogen) atoms. The third-order valence-corrected chi connectivity index (χ3v) is 3.41. The first kappa shape index (κ1) is 10.3. The Kier molecular flexibility index (Phi) is 2.15. The van der Waals surface area contributed by atoms with Crippen molar-refractivity contribution in [2.75, 3.05) is 0 Å². The SMILES string of the molecule is c1ccc(-c2nccc3ccc4occc4c23)cc1. The summed E-state index contributed by atoms with van der Waals surface area (Å²) in [4.78, 5) is 4.57. The van der Waals surface area contributed by atoms with E-state index in [0.717, 1.165) is 27.6 Å². The highest BCUT2D eigenvalue weighted by molar-refractivity contribution is 6.11. The minimum absolute atomic E-state index is 0.901. The second-order valence-electron chi connectivity index (χ2n) is 4.52. The zero-order valence-electron chi connectivity index (χ0n) is 10.2. The molecule has 0 amide bonds. The van der Waals surface area contributed by atoms with Crippen LogP contribution >= 0.6 is 0 Å². The lowest BCUT2D eigenvalue weighted by Gasteiger charge is -2.06. The summed E-state index contributed by atoms with van der Waals surface area (Å²) in [6, 6.07) is 18.4. The molecular formula is C17H11NO. The molecule has 0 N–H and O–H groups in total. The molecule has 0 aliphatic carbocycles. The average Bonchev–Trinajstić information content (AvgIpc) is 2.96. The lowest BCUT2D eigenvalue weighted by Crippen LogP contribution is -1.86. The summed E-state index contributed by atoms with van der Waals surface area (Å²) in [5.74, 6) is 0. The molecule has 0 spiro atoms. The van der Waals surface area contributed by atoms with Gasteiger partial charge >= 0.3 is 0 Å². The van der Waals surface area contributed by atoms with Crippen LogP contribution in [0, 0.1) is 0 Å². The van der Waals surface area contributed by atoms with Gasteiger partial charge in [0.05, 0.1) is 12.0 Å². The highest BCUT2D eigenvalue weighted by Gasteiger charge is 2.09. The van der Waals surface area contributed by atoms with Gasteiger partial charge in [-0.1, -0.05) is 36.4 Å². The first-order chi connectivity index (χ1) is 9.43. The normalized spacial score (nSPS) is 11.2. The summed E-state index contributed by atoms with van der Waals surface area (Å²) in [7, 11) is 0. The van der Waals surface area contributed by atoms with Crippen molar-refractivity contribution in [2.24, 2.45) is 0 Å². The minimum atomic E-state index is 0.901. The maximum absolute atomic E-state index is 5.49. The van der Waals surface area contributed by atoms with Crippen LogP contribution in [0.15, 0.2) is 71.5 Å². The molecule has 4 rings (SSSR count). The highest BCUT2D eigenvalue weighted by Crippen LogP contribution is 2.33. The third kappa shape index (κ3) is 1.54. The van der Waals surface area contributed by atoms with E-state index in [-0.39, 0.29) is 0 Å². The fourth-order valence-corrected chi connectivity index (χ4v) is 2.54. The van der Waals surface area contributed by atoms with Gasteiger partial charge in [-0.3, -0.25) is 4.98 Å². The fraction of sp³-hybridized carbons (Fsp3) is 0. The van der Waals surface area contributed by atoms with Gasteiger partial charge in [-0.25, -0.2) is 0 Å². The second-order valence-corrected chi connectivity index (χ2v) is 4.52. The van der Waals surface area contributed by atoms with Crippen LogP contribution < -0.4 is 0 Å². The van der Waals surface area contributed by atoms with Crippen LogP contribution in [-0.4, -0.2) is 4.98 Å². The van der Waals surface area contributed by atoms with Crippen LogP contribution in [0.3, 0.4) is 0 Å². The zero-order chi connectivity index (χ0) is 12.7. The number of benzene rings is 2. The molecule has 2 aromatic heterocycles. The molecular weight excluding hydrogens is 234 g/mol. The summed E-state index contributed by atoms with van der Waals surface area (Å²) in [5.41, 5.74) is 3.03. The molecule has 0 unspecified atom stereocenters. The van der Waals surface area contributed by atoms with Gasteiger partial charge in [0.15, 0.2) is 0 Å². The molecule has 90 valence electrons. The molecule has 2 heteroatoms. The number of nitrogens with zero attached hydrogens (tertiary/aromatic N) is 1. The first-order valence-electron chi connectivity index (χ1n) is 6.24. The predicted octanol–water partition coefficient (Wildman–Crippen LogP) is 4.65. The van der Waals surface area contributed by atoms with Gasteiger partial charge in [-0.05, 0) is 23.6 Å². The van der Waals surface area contributed by atoms with E-state index in [4.69, 9.17) is 4.42 Å². The molecule has 0 saturated heterocycles. The van der Waals surface area contributed by atoms with E-state index in [1.54, 1.807) is 6.26 Å². The van der Waals surface area contributed by atoms with Gasteiger partial charge in [0.1, 0.15) is 5.58 Å². The Labute approximate surface area is 110 Å². The van der Waals surface area contributed by atoms with Crippen LogP contribution in [0.1, 0.15) is 0 Å². The Morgan fingerprint density at radius 3 is 2.63 bits per heavy atom. The quantitative estimate of drug-likeness (QED) is 0.488. The second kappa shape index (κ2) is 3.95. The van der Waals surface area contributed by atoms with E-state index in [2.05, 4.69) is 23.2 Å².